The van der Waals surface area contributed by atoms with Crippen molar-refractivity contribution >= 4 is 33.5 Å². The van der Waals surface area contributed by atoms with E-state index in [2.05, 4.69) is 21.1 Å². The summed E-state index contributed by atoms with van der Waals surface area (Å²) in [5.74, 6) is 0.126. The molecular weight excluding hydrogens is 324 g/mol. The molecule has 3 nitrogen and oxygen atoms in total. The van der Waals surface area contributed by atoms with Gasteiger partial charge < -0.3 is 10.9 Å². The Labute approximate surface area is 124 Å². The lowest BCUT2D eigenvalue weighted by Gasteiger charge is -2.09. The number of nitrogens with two attached hydrogens (primary N) is 1. The Morgan fingerprint density at radius 1 is 1.26 bits per heavy atom. The highest BCUT2D eigenvalue weighted by molar-refractivity contribution is 9.10. The van der Waals surface area contributed by atoms with Gasteiger partial charge in [0.2, 0.25) is 0 Å². The molecule has 0 aliphatic carbocycles. The Hall–Kier alpha value is -1.46. The van der Waals surface area contributed by atoms with E-state index in [-0.39, 0.29) is 5.84 Å². The molecule has 0 aliphatic heterocycles. The van der Waals surface area contributed by atoms with Crippen molar-refractivity contribution in [2.75, 3.05) is 0 Å². The van der Waals surface area contributed by atoms with E-state index in [9.17, 15) is 0 Å². The molecule has 0 unspecified atom stereocenters. The van der Waals surface area contributed by atoms with Crippen LogP contribution >= 0.6 is 27.7 Å². The quantitative estimate of drug-likeness (QED) is 0.385. The Morgan fingerprint density at radius 2 is 2.05 bits per heavy atom. The standard InChI is InChI=1S/C14H13BrN2OS/c1-9-5-6-13(12(7-9)14(16)17-18)19-11-4-2-3-10(15)8-11/h2-8,18H,1H3,(H2,16,17). The van der Waals surface area contributed by atoms with Crippen molar-refractivity contribution in [3.05, 3.63) is 58.1 Å². The molecule has 0 saturated carbocycles. The highest BCUT2D eigenvalue weighted by Gasteiger charge is 2.09. The second kappa shape index (κ2) is 6.12. The fourth-order valence-corrected chi connectivity index (χ4v) is 3.19. The molecule has 98 valence electrons. The lowest BCUT2D eigenvalue weighted by atomic mass is 10.1. The van der Waals surface area contributed by atoms with E-state index in [4.69, 9.17) is 10.9 Å². The van der Waals surface area contributed by atoms with Gasteiger partial charge in [-0.2, -0.15) is 0 Å². The zero-order valence-corrected chi connectivity index (χ0v) is 12.7. The molecule has 0 aromatic heterocycles. The molecule has 0 fully saturated rings. The van der Waals surface area contributed by atoms with E-state index in [1.54, 1.807) is 11.8 Å². The van der Waals surface area contributed by atoms with Crippen LogP contribution in [-0.2, 0) is 0 Å². The number of oxime groups is 1. The summed E-state index contributed by atoms with van der Waals surface area (Å²) in [6.45, 7) is 1.97. The van der Waals surface area contributed by atoms with E-state index in [0.717, 1.165) is 25.4 Å². The molecule has 0 spiro atoms. The summed E-state index contributed by atoms with van der Waals surface area (Å²) in [6, 6.07) is 13.9. The van der Waals surface area contributed by atoms with Gasteiger partial charge in [-0.05, 0) is 37.3 Å². The Kier molecular flexibility index (Phi) is 4.50. The van der Waals surface area contributed by atoms with Crippen LogP contribution in [0.25, 0.3) is 0 Å². The number of halogens is 1. The van der Waals surface area contributed by atoms with Gasteiger partial charge in [-0.15, -0.1) is 0 Å². The molecule has 19 heavy (non-hydrogen) atoms. The van der Waals surface area contributed by atoms with E-state index >= 15 is 0 Å². The van der Waals surface area contributed by atoms with Crippen LogP contribution in [0.3, 0.4) is 0 Å². The third kappa shape index (κ3) is 3.52. The molecule has 0 aliphatic rings. The maximum absolute atomic E-state index is 8.86. The minimum Gasteiger partial charge on any atom is -0.409 e. The van der Waals surface area contributed by atoms with Crippen LogP contribution in [0.2, 0.25) is 0 Å². The van der Waals surface area contributed by atoms with Crippen LogP contribution in [-0.4, -0.2) is 11.0 Å². The van der Waals surface area contributed by atoms with Crippen LogP contribution in [0.1, 0.15) is 11.1 Å². The molecule has 3 N–H and O–H groups in total. The minimum atomic E-state index is 0.126. The molecule has 0 amide bonds. The number of hydrogen-bond acceptors (Lipinski definition) is 3. The van der Waals surface area contributed by atoms with Gasteiger partial charge in [-0.25, -0.2) is 0 Å². The van der Waals surface area contributed by atoms with Gasteiger partial charge in [-0.3, -0.25) is 0 Å². The molecule has 0 heterocycles. The van der Waals surface area contributed by atoms with Crippen LogP contribution in [0.15, 0.2) is 61.9 Å². The average molecular weight is 337 g/mol. The molecule has 0 bridgehead atoms. The summed E-state index contributed by atoms with van der Waals surface area (Å²) >= 11 is 5.03. The summed E-state index contributed by atoms with van der Waals surface area (Å²) in [6.07, 6.45) is 0. The maximum atomic E-state index is 8.86. The van der Waals surface area contributed by atoms with Gasteiger partial charge in [0.15, 0.2) is 5.84 Å². The number of aryl methyl sites for hydroxylation is 1. The molecule has 0 radical (unpaired) electrons. The van der Waals surface area contributed by atoms with Crippen LogP contribution in [0.4, 0.5) is 0 Å². The Morgan fingerprint density at radius 3 is 2.74 bits per heavy atom. The number of amidine groups is 1. The largest absolute Gasteiger partial charge is 0.409 e. The SMILES string of the molecule is Cc1ccc(Sc2cccc(Br)c2)c(/C(N)=N/O)c1. The zero-order chi connectivity index (χ0) is 13.8. The van der Waals surface area contributed by atoms with Crippen LogP contribution < -0.4 is 5.73 Å². The van der Waals surface area contributed by atoms with Crippen LogP contribution in [0.5, 0.6) is 0 Å². The normalized spacial score (nSPS) is 11.6. The predicted octanol–water partition coefficient (Wildman–Crippen LogP) is 4.00. The molecular formula is C14H13BrN2OS. The third-order valence-corrected chi connectivity index (χ3v) is 4.10. The van der Waals surface area contributed by atoms with E-state index in [0.29, 0.717) is 0 Å². The first-order chi connectivity index (χ1) is 9.10. The monoisotopic (exact) mass is 336 g/mol. The van der Waals surface area contributed by atoms with E-state index in [1.165, 1.54) is 0 Å². The lowest BCUT2D eigenvalue weighted by Crippen LogP contribution is -2.14. The molecule has 0 saturated heterocycles. The first kappa shape index (κ1) is 14.0. The number of nitrogens with zero attached hydrogens (tertiary/aromatic N) is 1. The molecule has 2 aromatic carbocycles. The summed E-state index contributed by atoms with van der Waals surface area (Å²) in [7, 11) is 0. The van der Waals surface area contributed by atoms with Gasteiger partial charge in [0.25, 0.3) is 0 Å². The van der Waals surface area contributed by atoms with Gasteiger partial charge in [0.1, 0.15) is 0 Å². The topological polar surface area (TPSA) is 58.6 Å². The maximum Gasteiger partial charge on any atom is 0.171 e. The number of rotatable bonds is 3. The van der Waals surface area contributed by atoms with Crippen molar-refractivity contribution in [3.63, 3.8) is 0 Å². The van der Waals surface area contributed by atoms with Crippen molar-refractivity contribution in [3.8, 4) is 0 Å². The Bertz CT molecular complexity index is 629. The molecule has 2 rings (SSSR count). The zero-order valence-electron chi connectivity index (χ0n) is 10.3. The van der Waals surface area contributed by atoms with Gasteiger partial charge in [0.05, 0.1) is 0 Å². The summed E-state index contributed by atoms with van der Waals surface area (Å²) < 4.78 is 1.02. The van der Waals surface area contributed by atoms with Gasteiger partial charge in [-0.1, -0.05) is 50.5 Å². The molecule has 0 atom stereocenters. The van der Waals surface area contributed by atoms with Gasteiger partial charge in [0, 0.05) is 19.8 Å². The van der Waals surface area contributed by atoms with Crippen molar-refractivity contribution in [2.24, 2.45) is 10.9 Å². The fraction of sp³-hybridized carbons (Fsp3) is 0.0714. The molecule has 5 heteroatoms. The van der Waals surface area contributed by atoms with Crippen molar-refractivity contribution in [1.29, 1.82) is 0 Å². The third-order valence-electron chi connectivity index (χ3n) is 2.54. The first-order valence-electron chi connectivity index (χ1n) is 5.62. The van der Waals surface area contributed by atoms with E-state index < -0.39 is 0 Å². The second-order valence-electron chi connectivity index (χ2n) is 4.04. The van der Waals surface area contributed by atoms with E-state index in [1.807, 2.05) is 49.4 Å². The predicted molar refractivity (Wildman–Crippen MR) is 82.0 cm³/mol. The van der Waals surface area contributed by atoms with Gasteiger partial charge >= 0.3 is 0 Å². The first-order valence-corrected chi connectivity index (χ1v) is 7.23. The number of hydrogen-bond donors (Lipinski definition) is 2. The fourth-order valence-electron chi connectivity index (χ4n) is 1.64. The van der Waals surface area contributed by atoms with Crippen molar-refractivity contribution in [2.45, 2.75) is 16.7 Å². The van der Waals surface area contributed by atoms with Crippen molar-refractivity contribution in [1.82, 2.24) is 0 Å². The second-order valence-corrected chi connectivity index (χ2v) is 6.08. The highest BCUT2D eigenvalue weighted by atomic mass is 79.9. The van der Waals surface area contributed by atoms with Crippen molar-refractivity contribution < 1.29 is 5.21 Å². The summed E-state index contributed by atoms with van der Waals surface area (Å²) in [5.41, 5.74) is 7.54. The minimum absolute atomic E-state index is 0.126. The smallest absolute Gasteiger partial charge is 0.171 e. The van der Waals surface area contributed by atoms with Crippen LogP contribution in [0, 0.1) is 6.92 Å². The average Bonchev–Trinajstić information content (AvgIpc) is 2.40. The number of benzene rings is 2. The summed E-state index contributed by atoms with van der Waals surface area (Å²) in [4.78, 5) is 2.05. The Balaban J connectivity index is 2.40. The lowest BCUT2D eigenvalue weighted by molar-refractivity contribution is 0.318. The highest BCUT2D eigenvalue weighted by Crippen LogP contribution is 2.32. The summed E-state index contributed by atoms with van der Waals surface area (Å²) in [5, 5.41) is 12.0. The molecule has 2 aromatic rings.